The lowest BCUT2D eigenvalue weighted by atomic mass is 9.91. The molecule has 0 radical (unpaired) electrons. The highest BCUT2D eigenvalue weighted by Crippen LogP contribution is 2.33. The number of fused-ring (bicyclic) bond motifs is 3. The molecule has 2 aliphatic rings. The van der Waals surface area contributed by atoms with E-state index in [0.717, 1.165) is 42.3 Å². The number of para-hydroxylation sites is 1. The van der Waals surface area contributed by atoms with Crippen molar-refractivity contribution in [2.75, 3.05) is 0 Å². The first-order valence-corrected chi connectivity index (χ1v) is 11.2. The second-order valence-corrected chi connectivity index (χ2v) is 8.97. The molecule has 0 unspecified atom stereocenters. The van der Waals surface area contributed by atoms with E-state index in [1.165, 1.54) is 6.42 Å². The summed E-state index contributed by atoms with van der Waals surface area (Å²) in [5.74, 6) is -0.207. The van der Waals surface area contributed by atoms with Gasteiger partial charge in [-0.05, 0) is 44.0 Å². The first-order chi connectivity index (χ1) is 15.1. The molecule has 0 spiro atoms. The SMILES string of the molecule is C[C@@]1(C(=O)NC2CCCCC2)Cn2c(cc3ccccc32)C(=O)N1Cc1ccccn1. The van der Waals surface area contributed by atoms with E-state index in [-0.39, 0.29) is 17.9 Å². The summed E-state index contributed by atoms with van der Waals surface area (Å²) in [5.41, 5.74) is 1.39. The number of carbonyl (C=O) groups is 2. The molecule has 1 aromatic carbocycles. The molecule has 2 aromatic heterocycles. The maximum atomic E-state index is 13.7. The van der Waals surface area contributed by atoms with Gasteiger partial charge in [-0.25, -0.2) is 0 Å². The van der Waals surface area contributed by atoms with Crippen molar-refractivity contribution >= 4 is 22.7 Å². The van der Waals surface area contributed by atoms with E-state index < -0.39 is 5.54 Å². The summed E-state index contributed by atoms with van der Waals surface area (Å²) in [7, 11) is 0. The van der Waals surface area contributed by atoms with Crippen molar-refractivity contribution in [1.29, 1.82) is 0 Å². The molecule has 2 amide bonds. The van der Waals surface area contributed by atoms with Gasteiger partial charge < -0.3 is 14.8 Å². The number of nitrogens with zero attached hydrogens (tertiary/aromatic N) is 3. The van der Waals surface area contributed by atoms with E-state index in [0.29, 0.717) is 18.8 Å². The molecule has 1 aliphatic carbocycles. The lowest BCUT2D eigenvalue weighted by Crippen LogP contribution is -2.64. The number of hydrogen-bond donors (Lipinski definition) is 1. The largest absolute Gasteiger partial charge is 0.351 e. The van der Waals surface area contributed by atoms with Crippen LogP contribution in [0.5, 0.6) is 0 Å². The van der Waals surface area contributed by atoms with Crippen LogP contribution in [0.2, 0.25) is 0 Å². The van der Waals surface area contributed by atoms with Gasteiger partial charge in [-0.15, -0.1) is 0 Å². The van der Waals surface area contributed by atoms with Gasteiger partial charge in [0.1, 0.15) is 11.2 Å². The van der Waals surface area contributed by atoms with Gasteiger partial charge in [-0.3, -0.25) is 14.6 Å². The average Bonchev–Trinajstić information content (AvgIpc) is 3.16. The molecule has 1 N–H and O–H groups in total. The first-order valence-electron chi connectivity index (χ1n) is 11.2. The summed E-state index contributed by atoms with van der Waals surface area (Å²) >= 11 is 0. The number of hydrogen-bond acceptors (Lipinski definition) is 3. The predicted octanol–water partition coefficient (Wildman–Crippen LogP) is 3.90. The van der Waals surface area contributed by atoms with Crippen LogP contribution < -0.4 is 5.32 Å². The Balaban J connectivity index is 1.55. The fourth-order valence-electron chi connectivity index (χ4n) is 5.00. The van der Waals surface area contributed by atoms with Crippen molar-refractivity contribution in [3.8, 4) is 0 Å². The van der Waals surface area contributed by atoms with Gasteiger partial charge in [-0.2, -0.15) is 0 Å². The number of pyridine rings is 1. The lowest BCUT2D eigenvalue weighted by molar-refractivity contribution is -0.134. The van der Waals surface area contributed by atoms with E-state index in [1.54, 1.807) is 11.1 Å². The molecule has 3 heterocycles. The molecule has 1 atom stereocenters. The molecule has 31 heavy (non-hydrogen) atoms. The topological polar surface area (TPSA) is 67.2 Å². The van der Waals surface area contributed by atoms with Gasteiger partial charge in [0.2, 0.25) is 5.91 Å². The van der Waals surface area contributed by atoms with Crippen LogP contribution in [0.15, 0.2) is 54.7 Å². The molecular formula is C25H28N4O2. The summed E-state index contributed by atoms with van der Waals surface area (Å²) in [5, 5.41) is 4.28. The fourth-order valence-corrected chi connectivity index (χ4v) is 5.00. The zero-order chi connectivity index (χ0) is 21.4. The van der Waals surface area contributed by atoms with Crippen LogP contribution in [-0.2, 0) is 17.9 Å². The Kier molecular flexibility index (Phi) is 5.00. The Bertz CT molecular complexity index is 1120. The zero-order valence-electron chi connectivity index (χ0n) is 17.9. The van der Waals surface area contributed by atoms with Crippen LogP contribution >= 0.6 is 0 Å². The molecule has 1 fully saturated rings. The van der Waals surface area contributed by atoms with Crippen molar-refractivity contribution in [2.24, 2.45) is 0 Å². The highest BCUT2D eigenvalue weighted by Gasteiger charge is 2.48. The third-order valence-electron chi connectivity index (χ3n) is 6.81. The molecule has 5 rings (SSSR count). The minimum atomic E-state index is -0.999. The quantitative estimate of drug-likeness (QED) is 0.701. The van der Waals surface area contributed by atoms with E-state index in [4.69, 9.17) is 0 Å². The lowest BCUT2D eigenvalue weighted by Gasteiger charge is -2.44. The number of amides is 2. The molecule has 6 nitrogen and oxygen atoms in total. The minimum absolute atomic E-state index is 0.0767. The summed E-state index contributed by atoms with van der Waals surface area (Å²) in [4.78, 5) is 33.5. The summed E-state index contributed by atoms with van der Waals surface area (Å²) in [6.07, 6.45) is 7.25. The van der Waals surface area contributed by atoms with Gasteiger partial charge in [-0.1, -0.05) is 43.5 Å². The summed E-state index contributed by atoms with van der Waals surface area (Å²) in [6, 6.07) is 15.8. The van der Waals surface area contributed by atoms with Crippen LogP contribution in [0.25, 0.3) is 10.9 Å². The highest BCUT2D eigenvalue weighted by atomic mass is 16.2. The Morgan fingerprint density at radius 2 is 1.90 bits per heavy atom. The van der Waals surface area contributed by atoms with Crippen molar-refractivity contribution in [1.82, 2.24) is 19.8 Å². The molecular weight excluding hydrogens is 388 g/mol. The second kappa shape index (κ2) is 7.84. The van der Waals surface area contributed by atoms with Gasteiger partial charge in [0.25, 0.3) is 5.91 Å². The van der Waals surface area contributed by atoms with E-state index in [2.05, 4.69) is 10.3 Å². The van der Waals surface area contributed by atoms with E-state index >= 15 is 0 Å². The van der Waals surface area contributed by atoms with Crippen LogP contribution in [0.1, 0.15) is 55.2 Å². The maximum absolute atomic E-state index is 13.7. The standard InChI is InChI=1S/C25H28N4O2/c1-25(24(31)27-19-10-3-2-4-11-19)17-28-21-13-6-5-9-18(21)15-22(28)23(30)29(25)16-20-12-7-8-14-26-20/h5-9,12-15,19H,2-4,10-11,16-17H2,1H3,(H,27,31)/t25-/m0/s1. The molecule has 0 bridgehead atoms. The fraction of sp³-hybridized carbons (Fsp3) is 0.400. The van der Waals surface area contributed by atoms with Crippen molar-refractivity contribution in [3.05, 3.63) is 66.1 Å². The molecule has 160 valence electrons. The Morgan fingerprint density at radius 3 is 2.68 bits per heavy atom. The van der Waals surface area contributed by atoms with Crippen molar-refractivity contribution in [3.63, 3.8) is 0 Å². The molecule has 3 aromatic rings. The van der Waals surface area contributed by atoms with Gasteiger partial charge in [0, 0.05) is 23.1 Å². The number of benzene rings is 1. The Labute approximate surface area is 182 Å². The highest BCUT2D eigenvalue weighted by molar-refractivity contribution is 6.03. The van der Waals surface area contributed by atoms with Crippen LogP contribution in [0, 0.1) is 0 Å². The molecule has 6 heteroatoms. The predicted molar refractivity (Wildman–Crippen MR) is 119 cm³/mol. The maximum Gasteiger partial charge on any atom is 0.271 e. The van der Waals surface area contributed by atoms with E-state index in [9.17, 15) is 9.59 Å². The normalized spacial score (nSPS) is 21.8. The van der Waals surface area contributed by atoms with Gasteiger partial charge in [0.15, 0.2) is 0 Å². The van der Waals surface area contributed by atoms with E-state index in [1.807, 2.05) is 60.0 Å². The summed E-state index contributed by atoms with van der Waals surface area (Å²) in [6.45, 7) is 2.62. The number of rotatable bonds is 4. The van der Waals surface area contributed by atoms with Crippen LogP contribution in [0.4, 0.5) is 0 Å². The molecule has 1 aliphatic heterocycles. The van der Waals surface area contributed by atoms with Gasteiger partial charge >= 0.3 is 0 Å². The third-order valence-corrected chi connectivity index (χ3v) is 6.81. The first kappa shape index (κ1) is 19.8. The summed E-state index contributed by atoms with van der Waals surface area (Å²) < 4.78 is 2.01. The van der Waals surface area contributed by atoms with Crippen molar-refractivity contribution in [2.45, 2.75) is 63.7 Å². The number of carbonyl (C=O) groups excluding carboxylic acids is 2. The van der Waals surface area contributed by atoms with Crippen LogP contribution in [-0.4, -0.2) is 37.8 Å². The number of nitrogens with one attached hydrogen (secondary N) is 1. The zero-order valence-corrected chi connectivity index (χ0v) is 17.9. The van der Waals surface area contributed by atoms with Crippen LogP contribution in [0.3, 0.4) is 0 Å². The smallest absolute Gasteiger partial charge is 0.271 e. The molecule has 0 saturated heterocycles. The third kappa shape index (κ3) is 3.50. The second-order valence-electron chi connectivity index (χ2n) is 8.97. The Morgan fingerprint density at radius 1 is 1.13 bits per heavy atom. The average molecular weight is 417 g/mol. The number of aromatic nitrogens is 2. The molecule has 1 saturated carbocycles. The monoisotopic (exact) mass is 416 g/mol. The Hall–Kier alpha value is -3.15. The van der Waals surface area contributed by atoms with Gasteiger partial charge in [0.05, 0.1) is 18.8 Å². The minimum Gasteiger partial charge on any atom is -0.351 e. The van der Waals surface area contributed by atoms with Crippen molar-refractivity contribution < 1.29 is 9.59 Å².